The molecular formula is C29H29N5O3S. The van der Waals surface area contributed by atoms with E-state index in [1.54, 1.807) is 11.1 Å². The first-order valence-corrected chi connectivity index (χ1v) is 13.7. The molecule has 0 saturated carbocycles. The third-order valence-electron chi connectivity index (χ3n) is 7.13. The summed E-state index contributed by atoms with van der Waals surface area (Å²) >= 11 is 1.31. The van der Waals surface area contributed by atoms with Gasteiger partial charge in [0.25, 0.3) is 5.91 Å². The molecule has 2 aliphatic rings. The molecule has 2 aromatic heterocycles. The fraction of sp³-hybridized carbons (Fsp3) is 0.276. The molecule has 6 rings (SSSR count). The van der Waals surface area contributed by atoms with Crippen molar-refractivity contribution in [3.63, 3.8) is 0 Å². The third-order valence-corrected chi connectivity index (χ3v) is 8.22. The topological polar surface area (TPSA) is 86.8 Å². The second-order valence-electron chi connectivity index (χ2n) is 9.65. The van der Waals surface area contributed by atoms with Gasteiger partial charge in [-0.2, -0.15) is 0 Å². The molecule has 2 aliphatic heterocycles. The summed E-state index contributed by atoms with van der Waals surface area (Å²) in [5, 5.41) is 6.97. The molecule has 38 heavy (non-hydrogen) atoms. The molecule has 3 amide bonds. The van der Waals surface area contributed by atoms with Gasteiger partial charge >= 0.3 is 6.03 Å². The highest BCUT2D eigenvalue weighted by molar-refractivity contribution is 7.21. The van der Waals surface area contributed by atoms with Gasteiger partial charge in [-0.1, -0.05) is 25.1 Å². The van der Waals surface area contributed by atoms with Crippen LogP contribution in [0.2, 0.25) is 0 Å². The van der Waals surface area contributed by atoms with Crippen molar-refractivity contribution in [3.8, 4) is 11.5 Å². The van der Waals surface area contributed by atoms with Crippen molar-refractivity contribution in [3.05, 3.63) is 71.2 Å². The van der Waals surface area contributed by atoms with Gasteiger partial charge in [0.2, 0.25) is 0 Å². The van der Waals surface area contributed by atoms with Gasteiger partial charge in [0.05, 0.1) is 22.4 Å². The number of benzene rings is 2. The van der Waals surface area contributed by atoms with Gasteiger partial charge in [0.1, 0.15) is 21.2 Å². The number of nitrogens with one attached hydrogen (secondary N) is 2. The van der Waals surface area contributed by atoms with Gasteiger partial charge in [-0.05, 0) is 74.8 Å². The van der Waals surface area contributed by atoms with E-state index < -0.39 is 0 Å². The Morgan fingerprint density at radius 2 is 2.00 bits per heavy atom. The molecule has 1 atom stereocenters. The zero-order valence-corrected chi connectivity index (χ0v) is 22.2. The first-order chi connectivity index (χ1) is 18.5. The van der Waals surface area contributed by atoms with Crippen molar-refractivity contribution in [2.24, 2.45) is 0 Å². The lowest BCUT2D eigenvalue weighted by Crippen LogP contribution is -2.47. The van der Waals surface area contributed by atoms with Crippen LogP contribution in [-0.2, 0) is 0 Å². The lowest BCUT2D eigenvalue weighted by molar-refractivity contribution is 0.0911. The molecule has 1 fully saturated rings. The monoisotopic (exact) mass is 527 g/mol. The van der Waals surface area contributed by atoms with Crippen LogP contribution in [0, 0.1) is 6.92 Å². The molecule has 2 N–H and O–H groups in total. The number of likely N-dealkylation sites (N-methyl/N-ethyl adjacent to an activating group) is 1. The largest absolute Gasteiger partial charge is 0.457 e. The van der Waals surface area contributed by atoms with Crippen LogP contribution in [0.3, 0.4) is 0 Å². The number of thiophene rings is 1. The van der Waals surface area contributed by atoms with Crippen molar-refractivity contribution in [2.45, 2.75) is 32.7 Å². The molecule has 4 aromatic rings. The summed E-state index contributed by atoms with van der Waals surface area (Å²) in [5.41, 5.74) is 2.86. The van der Waals surface area contributed by atoms with Crippen LogP contribution in [-0.4, -0.2) is 47.5 Å². The first kappa shape index (κ1) is 24.4. The van der Waals surface area contributed by atoms with Gasteiger partial charge in [-0.3, -0.25) is 9.69 Å². The van der Waals surface area contributed by atoms with Gasteiger partial charge < -0.3 is 20.3 Å². The van der Waals surface area contributed by atoms with E-state index in [-0.39, 0.29) is 18.0 Å². The van der Waals surface area contributed by atoms with Gasteiger partial charge in [-0.15, -0.1) is 11.3 Å². The summed E-state index contributed by atoms with van der Waals surface area (Å²) in [7, 11) is 0. The number of amides is 3. The summed E-state index contributed by atoms with van der Waals surface area (Å²) in [6.07, 6.45) is 3.70. The lowest BCUT2D eigenvalue weighted by atomic mass is 10.1. The minimum atomic E-state index is -0.313. The molecule has 0 bridgehead atoms. The number of pyridine rings is 1. The van der Waals surface area contributed by atoms with Crippen molar-refractivity contribution in [1.82, 2.24) is 15.2 Å². The average Bonchev–Trinajstić information content (AvgIpc) is 3.30. The van der Waals surface area contributed by atoms with Crippen LogP contribution in [0.5, 0.6) is 11.5 Å². The van der Waals surface area contributed by atoms with Gasteiger partial charge in [-0.25, -0.2) is 9.78 Å². The number of para-hydroxylation sites is 1. The normalized spacial score (nSPS) is 17.4. The number of aromatic nitrogens is 1. The number of hydrogen-bond donors (Lipinski definition) is 2. The van der Waals surface area contributed by atoms with E-state index in [1.165, 1.54) is 11.3 Å². The molecule has 4 heterocycles. The van der Waals surface area contributed by atoms with E-state index in [0.29, 0.717) is 26.8 Å². The Morgan fingerprint density at radius 3 is 2.79 bits per heavy atom. The standard InChI is InChI=1S/C29H29N5O3S/c1-3-33-15-7-8-19(17-33)31-27(35)26-25-24-23(13-14-30-28(24)38-26)34(29(36)32-25)22-12-11-21(16-18(22)2)37-20-9-5-4-6-10-20/h4-6,9-14,16,19H,3,7-8,15,17H2,1-2H3,(H,31,35)(H,32,36). The molecule has 2 aromatic carbocycles. The summed E-state index contributed by atoms with van der Waals surface area (Å²) < 4.78 is 5.97. The highest BCUT2D eigenvalue weighted by Gasteiger charge is 2.34. The number of rotatable bonds is 6. The zero-order valence-electron chi connectivity index (χ0n) is 21.4. The predicted molar refractivity (Wildman–Crippen MR) is 151 cm³/mol. The maximum atomic E-state index is 13.5. The Bertz CT molecular complexity index is 1520. The van der Waals surface area contributed by atoms with Crippen LogP contribution in [0.25, 0.3) is 10.2 Å². The molecule has 0 aliphatic carbocycles. The molecule has 0 radical (unpaired) electrons. The second-order valence-corrected chi connectivity index (χ2v) is 10.7. The minimum Gasteiger partial charge on any atom is -0.457 e. The minimum absolute atomic E-state index is 0.0936. The van der Waals surface area contributed by atoms with Crippen molar-refractivity contribution >= 4 is 50.6 Å². The smallest absolute Gasteiger partial charge is 0.331 e. The number of ether oxygens (including phenoxy) is 1. The Labute approximate surface area is 225 Å². The van der Waals surface area contributed by atoms with Crippen molar-refractivity contribution in [1.29, 1.82) is 0 Å². The summed E-state index contributed by atoms with van der Waals surface area (Å²) in [5.74, 6) is 1.27. The second kappa shape index (κ2) is 10.1. The molecule has 8 nitrogen and oxygen atoms in total. The third kappa shape index (κ3) is 4.48. The van der Waals surface area contributed by atoms with E-state index >= 15 is 0 Å². The number of urea groups is 1. The summed E-state index contributed by atoms with van der Waals surface area (Å²) in [6, 6.07) is 16.8. The molecule has 1 saturated heterocycles. The fourth-order valence-corrected chi connectivity index (χ4v) is 6.28. The van der Waals surface area contributed by atoms with Gasteiger partial charge in [0.15, 0.2) is 0 Å². The van der Waals surface area contributed by atoms with Gasteiger partial charge in [0, 0.05) is 18.8 Å². The number of carbonyl (C=O) groups excluding carboxylic acids is 2. The lowest BCUT2D eigenvalue weighted by Gasteiger charge is -2.32. The molecule has 0 spiro atoms. The van der Waals surface area contributed by atoms with Crippen LogP contribution in [0.4, 0.5) is 21.9 Å². The Hall–Kier alpha value is -3.95. The number of aryl methyl sites for hydroxylation is 1. The van der Waals surface area contributed by atoms with Crippen LogP contribution < -0.4 is 20.3 Å². The van der Waals surface area contributed by atoms with E-state index in [0.717, 1.165) is 54.9 Å². The Kier molecular flexibility index (Phi) is 6.47. The Balaban J connectivity index is 1.31. The molecule has 194 valence electrons. The Morgan fingerprint density at radius 1 is 1.16 bits per heavy atom. The summed E-state index contributed by atoms with van der Waals surface area (Å²) in [4.78, 5) is 36.6. The maximum absolute atomic E-state index is 13.5. The van der Waals surface area contributed by atoms with Crippen LogP contribution in [0.1, 0.15) is 35.0 Å². The first-order valence-electron chi connectivity index (χ1n) is 12.9. The highest BCUT2D eigenvalue weighted by atomic mass is 32.1. The fourth-order valence-electron chi connectivity index (χ4n) is 5.26. The van der Waals surface area contributed by atoms with Crippen molar-refractivity contribution in [2.75, 3.05) is 29.9 Å². The summed E-state index contributed by atoms with van der Waals surface area (Å²) in [6.45, 7) is 6.97. The number of carbonyl (C=O) groups is 2. The van der Waals surface area contributed by atoms with E-state index in [2.05, 4.69) is 27.4 Å². The number of piperidine rings is 1. The number of likely N-dealkylation sites (tertiary alicyclic amines) is 1. The molecule has 9 heteroatoms. The number of hydrogen-bond acceptors (Lipinski definition) is 6. The molecule has 1 unspecified atom stereocenters. The highest BCUT2D eigenvalue weighted by Crippen LogP contribution is 2.46. The average molecular weight is 528 g/mol. The predicted octanol–water partition coefficient (Wildman–Crippen LogP) is 6.29. The van der Waals surface area contributed by atoms with E-state index in [9.17, 15) is 9.59 Å². The van der Waals surface area contributed by atoms with Crippen LogP contribution in [0.15, 0.2) is 60.8 Å². The van der Waals surface area contributed by atoms with E-state index in [1.807, 2.05) is 61.5 Å². The molecular weight excluding hydrogens is 498 g/mol. The zero-order chi connectivity index (χ0) is 26.2. The van der Waals surface area contributed by atoms with Crippen molar-refractivity contribution < 1.29 is 14.3 Å². The van der Waals surface area contributed by atoms with E-state index in [4.69, 9.17) is 4.74 Å². The number of anilines is 3. The maximum Gasteiger partial charge on any atom is 0.331 e. The number of nitrogens with zero attached hydrogens (tertiary/aromatic N) is 3. The quantitative estimate of drug-likeness (QED) is 0.308. The SMILES string of the molecule is CCN1CCCC(NC(=O)c2sc3nccc4c3c2NC(=O)N4c2ccc(Oc3ccccc3)cc2C)C1. The van der Waals surface area contributed by atoms with Crippen LogP contribution >= 0.6 is 11.3 Å².